The highest BCUT2D eigenvalue weighted by atomic mass is 16.6. The van der Waals surface area contributed by atoms with Crippen molar-refractivity contribution < 1.29 is 33.9 Å². The van der Waals surface area contributed by atoms with E-state index < -0.39 is 0 Å². The van der Waals surface area contributed by atoms with Crippen molar-refractivity contribution in [1.82, 2.24) is 0 Å². The maximum Gasteiger partial charge on any atom is 0.130 e. The molecule has 26 heavy (non-hydrogen) atoms. The molecule has 0 spiro atoms. The predicted molar refractivity (Wildman–Crippen MR) is 96.1 cm³/mol. The normalized spacial score (nSPS) is 10.7. The Bertz CT molecular complexity index is 514. The van der Waals surface area contributed by atoms with Crippen molar-refractivity contribution in [3.8, 4) is 18.1 Å². The number of rotatable bonds is 15. The quantitative estimate of drug-likeness (QED) is 0.349. The number of methoxy groups -OCH3 is 1. The van der Waals surface area contributed by atoms with E-state index in [1.54, 1.807) is 19.2 Å². The smallest absolute Gasteiger partial charge is 0.130 e. The molecule has 0 saturated heterocycles. The van der Waals surface area contributed by atoms with E-state index in [1.807, 2.05) is 0 Å². The molecule has 0 unspecified atom stereocenters. The van der Waals surface area contributed by atoms with Gasteiger partial charge in [-0.05, 0) is 12.1 Å². The van der Waals surface area contributed by atoms with E-state index in [0.29, 0.717) is 68.7 Å². The lowest BCUT2D eigenvalue weighted by molar-refractivity contribution is 0.0000274. The van der Waals surface area contributed by atoms with E-state index in [4.69, 9.17) is 30.1 Å². The molecule has 7 nitrogen and oxygen atoms in total. The largest absolute Gasteiger partial charge is 0.490 e. The van der Waals surface area contributed by atoms with E-state index in [0.717, 1.165) is 0 Å². The third-order valence-corrected chi connectivity index (χ3v) is 3.40. The van der Waals surface area contributed by atoms with Gasteiger partial charge in [0.2, 0.25) is 0 Å². The van der Waals surface area contributed by atoms with Gasteiger partial charge in [-0.15, -0.1) is 6.42 Å². The standard InChI is InChI=1S/C19H28O7/c1-3-16-12-17(14-20)19(18(13-16)15-21)26-11-10-25-9-8-24-7-6-23-5-4-22-2/h1,12-13,20-21H,4-11,14-15H2,2H3. The van der Waals surface area contributed by atoms with Crippen LogP contribution in [0.1, 0.15) is 16.7 Å². The van der Waals surface area contributed by atoms with E-state index in [1.165, 1.54) is 0 Å². The molecule has 0 saturated carbocycles. The van der Waals surface area contributed by atoms with Crippen LogP contribution in [0.3, 0.4) is 0 Å². The van der Waals surface area contributed by atoms with Crippen LogP contribution in [0.4, 0.5) is 0 Å². The first kappa shape index (κ1) is 22.4. The summed E-state index contributed by atoms with van der Waals surface area (Å²) in [6.07, 6.45) is 5.37. The zero-order valence-corrected chi connectivity index (χ0v) is 15.2. The Morgan fingerprint density at radius 2 is 1.27 bits per heavy atom. The molecule has 0 aliphatic heterocycles. The number of hydrogen-bond donors (Lipinski definition) is 2. The fraction of sp³-hybridized carbons (Fsp3) is 0.579. The van der Waals surface area contributed by atoms with Crippen LogP contribution >= 0.6 is 0 Å². The second-order valence-corrected chi connectivity index (χ2v) is 5.26. The summed E-state index contributed by atoms with van der Waals surface area (Å²) in [6, 6.07) is 3.33. The Kier molecular flexibility index (Phi) is 12.5. The summed E-state index contributed by atoms with van der Waals surface area (Å²) in [5.41, 5.74) is 1.67. The summed E-state index contributed by atoms with van der Waals surface area (Å²) in [7, 11) is 1.63. The molecule has 0 aliphatic carbocycles. The van der Waals surface area contributed by atoms with Crippen LogP contribution in [0.15, 0.2) is 12.1 Å². The summed E-state index contributed by atoms with van der Waals surface area (Å²) in [5.74, 6) is 2.93. The van der Waals surface area contributed by atoms with Gasteiger partial charge in [0.25, 0.3) is 0 Å². The van der Waals surface area contributed by atoms with Crippen LogP contribution in [0, 0.1) is 12.3 Å². The van der Waals surface area contributed by atoms with Gasteiger partial charge in [-0.1, -0.05) is 5.92 Å². The molecular weight excluding hydrogens is 340 g/mol. The highest BCUT2D eigenvalue weighted by Gasteiger charge is 2.11. The maximum absolute atomic E-state index is 9.45. The number of terminal acetylenes is 1. The first-order valence-corrected chi connectivity index (χ1v) is 8.45. The molecule has 0 heterocycles. The monoisotopic (exact) mass is 368 g/mol. The Balaban J connectivity index is 2.19. The SMILES string of the molecule is C#Cc1cc(CO)c(OCCOCCOCCOCCOC)c(CO)c1. The van der Waals surface area contributed by atoms with Gasteiger partial charge in [0.05, 0.1) is 59.5 Å². The summed E-state index contributed by atoms with van der Waals surface area (Å²) < 4.78 is 26.6. The second-order valence-electron chi connectivity index (χ2n) is 5.26. The number of hydrogen-bond acceptors (Lipinski definition) is 7. The van der Waals surface area contributed by atoms with Gasteiger partial charge in [-0.3, -0.25) is 0 Å². The van der Waals surface area contributed by atoms with Crippen molar-refractivity contribution in [2.75, 3.05) is 60.0 Å². The number of ether oxygens (including phenoxy) is 5. The fourth-order valence-electron chi connectivity index (χ4n) is 2.14. The summed E-state index contributed by atoms with van der Waals surface area (Å²) in [4.78, 5) is 0. The van der Waals surface area contributed by atoms with Crippen LogP contribution in [0.5, 0.6) is 5.75 Å². The molecule has 0 fully saturated rings. The van der Waals surface area contributed by atoms with E-state index in [-0.39, 0.29) is 19.8 Å². The predicted octanol–water partition coefficient (Wildman–Crippen LogP) is 0.727. The Labute approximate surface area is 154 Å². The first-order valence-electron chi connectivity index (χ1n) is 8.45. The lowest BCUT2D eigenvalue weighted by Crippen LogP contribution is -2.14. The molecule has 0 amide bonds. The van der Waals surface area contributed by atoms with Gasteiger partial charge in [-0.2, -0.15) is 0 Å². The highest BCUT2D eigenvalue weighted by molar-refractivity contribution is 5.48. The van der Waals surface area contributed by atoms with Crippen molar-refractivity contribution in [2.45, 2.75) is 13.2 Å². The van der Waals surface area contributed by atoms with Gasteiger partial charge in [0.1, 0.15) is 12.4 Å². The molecular formula is C19H28O7. The van der Waals surface area contributed by atoms with Gasteiger partial charge in [-0.25, -0.2) is 0 Å². The fourth-order valence-corrected chi connectivity index (χ4v) is 2.14. The first-order chi connectivity index (χ1) is 12.8. The van der Waals surface area contributed by atoms with Crippen LogP contribution in [0.2, 0.25) is 0 Å². The average Bonchev–Trinajstić information content (AvgIpc) is 2.68. The average molecular weight is 368 g/mol. The number of aliphatic hydroxyl groups excluding tert-OH is 2. The zero-order chi connectivity index (χ0) is 19.0. The maximum atomic E-state index is 9.45. The third kappa shape index (κ3) is 8.63. The number of aliphatic hydroxyl groups is 2. The van der Waals surface area contributed by atoms with Crippen molar-refractivity contribution in [2.24, 2.45) is 0 Å². The molecule has 0 aromatic heterocycles. The molecule has 0 atom stereocenters. The van der Waals surface area contributed by atoms with Crippen LogP contribution in [0.25, 0.3) is 0 Å². The molecule has 0 aliphatic rings. The van der Waals surface area contributed by atoms with Gasteiger partial charge < -0.3 is 33.9 Å². The van der Waals surface area contributed by atoms with Gasteiger partial charge in [0, 0.05) is 23.8 Å². The molecule has 1 rings (SSSR count). The lowest BCUT2D eigenvalue weighted by atomic mass is 10.0. The summed E-state index contributed by atoms with van der Waals surface area (Å²) >= 11 is 0. The molecule has 0 radical (unpaired) electrons. The van der Waals surface area contributed by atoms with Crippen molar-refractivity contribution >= 4 is 0 Å². The number of benzene rings is 1. The lowest BCUT2D eigenvalue weighted by Gasteiger charge is -2.15. The topological polar surface area (TPSA) is 86.6 Å². The Morgan fingerprint density at radius 1 is 0.808 bits per heavy atom. The molecule has 1 aromatic carbocycles. The summed E-state index contributed by atoms with van der Waals surface area (Å²) in [6.45, 7) is 3.27. The van der Waals surface area contributed by atoms with E-state index in [2.05, 4.69) is 5.92 Å². The molecule has 0 bridgehead atoms. The third-order valence-electron chi connectivity index (χ3n) is 3.40. The molecule has 146 valence electrons. The van der Waals surface area contributed by atoms with Crippen molar-refractivity contribution in [3.05, 3.63) is 28.8 Å². The Morgan fingerprint density at radius 3 is 1.69 bits per heavy atom. The minimum Gasteiger partial charge on any atom is -0.490 e. The van der Waals surface area contributed by atoms with E-state index in [9.17, 15) is 10.2 Å². The highest BCUT2D eigenvalue weighted by Crippen LogP contribution is 2.26. The van der Waals surface area contributed by atoms with Crippen LogP contribution < -0.4 is 4.74 Å². The molecule has 1 aromatic rings. The van der Waals surface area contributed by atoms with Crippen molar-refractivity contribution in [1.29, 1.82) is 0 Å². The minimum atomic E-state index is -0.223. The second kappa shape index (κ2) is 14.5. The van der Waals surface area contributed by atoms with Gasteiger partial charge in [0.15, 0.2) is 0 Å². The summed E-state index contributed by atoms with van der Waals surface area (Å²) in [5, 5.41) is 18.9. The molecule has 7 heteroatoms. The van der Waals surface area contributed by atoms with Gasteiger partial charge >= 0.3 is 0 Å². The zero-order valence-electron chi connectivity index (χ0n) is 15.2. The minimum absolute atomic E-state index is 0.223. The van der Waals surface area contributed by atoms with E-state index >= 15 is 0 Å². The van der Waals surface area contributed by atoms with Crippen LogP contribution in [-0.4, -0.2) is 70.2 Å². The van der Waals surface area contributed by atoms with Crippen LogP contribution in [-0.2, 0) is 32.2 Å². The van der Waals surface area contributed by atoms with Crippen molar-refractivity contribution in [3.63, 3.8) is 0 Å². The molecule has 2 N–H and O–H groups in total. The Hall–Kier alpha value is -1.66.